The van der Waals surface area contributed by atoms with Gasteiger partial charge in [0.2, 0.25) is 5.91 Å². The first-order chi connectivity index (χ1) is 16.1. The number of benzene rings is 2. The summed E-state index contributed by atoms with van der Waals surface area (Å²) in [5.74, 6) is 3.67. The summed E-state index contributed by atoms with van der Waals surface area (Å²) < 4.78 is 11.1. The average molecular weight is 468 g/mol. The van der Waals surface area contributed by atoms with Crippen LogP contribution in [0.4, 0.5) is 17.1 Å². The molecule has 0 spiro atoms. The molecule has 1 heterocycles. The Morgan fingerprint density at radius 2 is 1.52 bits per heavy atom. The van der Waals surface area contributed by atoms with E-state index in [-0.39, 0.29) is 18.0 Å². The molecule has 2 aromatic rings. The Kier molecular flexibility index (Phi) is 5.28. The molecule has 1 aliphatic heterocycles. The Morgan fingerprint density at radius 1 is 0.909 bits per heavy atom. The van der Waals surface area contributed by atoms with E-state index in [4.69, 9.17) is 21.1 Å². The zero-order chi connectivity index (χ0) is 22.4. The zero-order valence-electron chi connectivity index (χ0n) is 18.7. The van der Waals surface area contributed by atoms with Crippen LogP contribution in [-0.4, -0.2) is 31.2 Å². The highest BCUT2D eigenvalue weighted by Gasteiger charge is 2.51. The SMILES string of the molecule is O=C(CNc1ccccc1NC12CC3CC(CC(C3)C1)C2)Nc1cc2c(cc1Cl)OCCO2. The lowest BCUT2D eigenvalue weighted by Crippen LogP contribution is -2.54. The van der Waals surface area contributed by atoms with Crippen molar-refractivity contribution in [1.82, 2.24) is 0 Å². The number of carbonyl (C=O) groups is 1. The van der Waals surface area contributed by atoms with Crippen LogP contribution >= 0.6 is 11.6 Å². The summed E-state index contributed by atoms with van der Waals surface area (Å²) in [7, 11) is 0. The van der Waals surface area contributed by atoms with E-state index in [0.29, 0.717) is 35.4 Å². The smallest absolute Gasteiger partial charge is 0.243 e. The van der Waals surface area contributed by atoms with Gasteiger partial charge in [0.25, 0.3) is 0 Å². The summed E-state index contributed by atoms with van der Waals surface area (Å²) in [5.41, 5.74) is 2.78. The number of hydrogen-bond donors (Lipinski definition) is 3. The van der Waals surface area contributed by atoms with Crippen molar-refractivity contribution in [2.45, 2.75) is 44.1 Å². The van der Waals surface area contributed by atoms with Gasteiger partial charge in [-0.3, -0.25) is 4.79 Å². The van der Waals surface area contributed by atoms with Crippen LogP contribution in [0.5, 0.6) is 11.5 Å². The van der Waals surface area contributed by atoms with Crippen molar-refractivity contribution in [2.24, 2.45) is 17.8 Å². The molecule has 4 aliphatic carbocycles. The first-order valence-electron chi connectivity index (χ1n) is 12.1. The third-order valence-corrected chi connectivity index (χ3v) is 8.02. The Hall–Kier alpha value is -2.60. The van der Waals surface area contributed by atoms with Crippen LogP contribution in [0.3, 0.4) is 0 Å². The molecule has 4 fully saturated rings. The van der Waals surface area contributed by atoms with Crippen LogP contribution in [-0.2, 0) is 4.79 Å². The quantitative estimate of drug-likeness (QED) is 0.520. The fourth-order valence-electron chi connectivity index (χ4n) is 6.83. The van der Waals surface area contributed by atoms with Gasteiger partial charge in [0.15, 0.2) is 11.5 Å². The molecule has 6 nitrogen and oxygen atoms in total. The van der Waals surface area contributed by atoms with E-state index in [1.807, 2.05) is 12.1 Å². The molecule has 3 N–H and O–H groups in total. The van der Waals surface area contributed by atoms with E-state index in [0.717, 1.165) is 29.1 Å². The van der Waals surface area contributed by atoms with E-state index >= 15 is 0 Å². The highest BCUT2D eigenvalue weighted by atomic mass is 35.5. The van der Waals surface area contributed by atoms with Gasteiger partial charge in [0.1, 0.15) is 13.2 Å². The lowest BCUT2D eigenvalue weighted by molar-refractivity contribution is -0.114. The van der Waals surface area contributed by atoms with Crippen LogP contribution in [0.1, 0.15) is 38.5 Å². The predicted molar refractivity (Wildman–Crippen MR) is 131 cm³/mol. The number of nitrogens with one attached hydrogen (secondary N) is 3. The second-order valence-electron chi connectivity index (χ2n) is 10.2. The molecule has 4 saturated carbocycles. The lowest BCUT2D eigenvalue weighted by atomic mass is 9.53. The molecule has 33 heavy (non-hydrogen) atoms. The molecule has 0 unspecified atom stereocenters. The van der Waals surface area contributed by atoms with Gasteiger partial charge in [-0.1, -0.05) is 23.7 Å². The summed E-state index contributed by atoms with van der Waals surface area (Å²) in [6, 6.07) is 11.6. The first-order valence-corrected chi connectivity index (χ1v) is 12.4. The average Bonchev–Trinajstić information content (AvgIpc) is 2.78. The highest BCUT2D eigenvalue weighted by Crippen LogP contribution is 2.56. The largest absolute Gasteiger partial charge is 0.486 e. The van der Waals surface area contributed by atoms with E-state index in [1.54, 1.807) is 12.1 Å². The van der Waals surface area contributed by atoms with Crippen molar-refractivity contribution in [3.05, 3.63) is 41.4 Å². The lowest BCUT2D eigenvalue weighted by Gasteiger charge is -2.57. The normalized spacial score (nSPS) is 28.9. The number of carbonyl (C=O) groups excluding carboxylic acids is 1. The number of ether oxygens (including phenoxy) is 2. The molecular weight excluding hydrogens is 438 g/mol. The number of rotatable bonds is 6. The highest BCUT2D eigenvalue weighted by molar-refractivity contribution is 6.34. The van der Waals surface area contributed by atoms with E-state index in [2.05, 4.69) is 28.1 Å². The van der Waals surface area contributed by atoms with Crippen molar-refractivity contribution in [3.8, 4) is 11.5 Å². The van der Waals surface area contributed by atoms with Gasteiger partial charge in [0, 0.05) is 17.7 Å². The molecule has 0 aromatic heterocycles. The van der Waals surface area contributed by atoms with Gasteiger partial charge in [0.05, 0.1) is 28.6 Å². The van der Waals surface area contributed by atoms with Crippen molar-refractivity contribution in [1.29, 1.82) is 0 Å². The Labute approximate surface area is 199 Å². The Balaban J connectivity index is 1.12. The van der Waals surface area contributed by atoms with Gasteiger partial charge >= 0.3 is 0 Å². The summed E-state index contributed by atoms with van der Waals surface area (Å²) >= 11 is 6.34. The number of fused-ring (bicyclic) bond motifs is 1. The monoisotopic (exact) mass is 467 g/mol. The van der Waals surface area contributed by atoms with Crippen LogP contribution in [0.25, 0.3) is 0 Å². The molecule has 1 amide bonds. The standard InChI is InChI=1S/C26H30ClN3O3/c27-19-10-23-24(33-6-5-32-23)11-22(19)29-25(31)15-28-20-3-1-2-4-21(20)30-26-12-16-7-17(13-26)9-18(8-16)14-26/h1-4,10-11,16-18,28,30H,5-9,12-15H2,(H,29,31). The molecule has 7 heteroatoms. The fourth-order valence-corrected chi connectivity index (χ4v) is 7.03. The van der Waals surface area contributed by atoms with Gasteiger partial charge < -0.3 is 25.4 Å². The van der Waals surface area contributed by atoms with E-state index in [1.165, 1.54) is 38.5 Å². The molecular formula is C26H30ClN3O3. The molecule has 7 rings (SSSR count). The molecule has 4 bridgehead atoms. The number of amides is 1. The molecule has 174 valence electrons. The van der Waals surface area contributed by atoms with Crippen molar-refractivity contribution in [2.75, 3.05) is 35.7 Å². The van der Waals surface area contributed by atoms with Crippen LogP contribution in [0, 0.1) is 17.8 Å². The van der Waals surface area contributed by atoms with E-state index < -0.39 is 0 Å². The fraction of sp³-hybridized carbons (Fsp3) is 0.500. The topological polar surface area (TPSA) is 71.6 Å². The minimum atomic E-state index is -0.168. The molecule has 2 aromatic carbocycles. The summed E-state index contributed by atoms with van der Waals surface area (Å²) in [6.07, 6.45) is 8.08. The second kappa shape index (κ2) is 8.32. The van der Waals surface area contributed by atoms with Gasteiger partial charge in [-0.2, -0.15) is 0 Å². The summed E-state index contributed by atoms with van der Waals surface area (Å²) in [4.78, 5) is 12.7. The minimum Gasteiger partial charge on any atom is -0.486 e. The third-order valence-electron chi connectivity index (χ3n) is 7.71. The Morgan fingerprint density at radius 3 is 2.18 bits per heavy atom. The number of hydrogen-bond acceptors (Lipinski definition) is 5. The third kappa shape index (κ3) is 4.21. The van der Waals surface area contributed by atoms with Gasteiger partial charge in [-0.25, -0.2) is 0 Å². The number of anilines is 3. The zero-order valence-corrected chi connectivity index (χ0v) is 19.4. The number of para-hydroxylation sites is 2. The summed E-state index contributed by atoms with van der Waals surface area (Å²) in [6.45, 7) is 1.12. The predicted octanol–water partition coefficient (Wildman–Crippen LogP) is 5.54. The van der Waals surface area contributed by atoms with Crippen LogP contribution in [0.2, 0.25) is 5.02 Å². The molecule has 0 atom stereocenters. The maximum absolute atomic E-state index is 12.7. The second-order valence-corrected chi connectivity index (χ2v) is 10.7. The van der Waals surface area contributed by atoms with E-state index in [9.17, 15) is 4.79 Å². The molecule has 5 aliphatic rings. The number of halogens is 1. The molecule has 0 radical (unpaired) electrons. The van der Waals surface area contributed by atoms with Crippen molar-refractivity contribution >= 4 is 34.6 Å². The van der Waals surface area contributed by atoms with Crippen LogP contribution in [0.15, 0.2) is 36.4 Å². The maximum Gasteiger partial charge on any atom is 0.243 e. The first kappa shape index (κ1) is 21.0. The Bertz CT molecular complexity index is 1040. The van der Waals surface area contributed by atoms with Crippen molar-refractivity contribution < 1.29 is 14.3 Å². The van der Waals surface area contributed by atoms with Crippen molar-refractivity contribution in [3.63, 3.8) is 0 Å². The minimum absolute atomic E-state index is 0.143. The van der Waals surface area contributed by atoms with Crippen LogP contribution < -0.4 is 25.4 Å². The maximum atomic E-state index is 12.7. The van der Waals surface area contributed by atoms with Gasteiger partial charge in [-0.05, 0) is 68.4 Å². The van der Waals surface area contributed by atoms with Gasteiger partial charge in [-0.15, -0.1) is 0 Å². The molecule has 0 saturated heterocycles. The summed E-state index contributed by atoms with van der Waals surface area (Å²) in [5, 5.41) is 10.6.